The summed E-state index contributed by atoms with van der Waals surface area (Å²) in [4.78, 5) is 23.5. The number of hydrogen-bond acceptors (Lipinski definition) is 7. The molecular formula is C28H34N4O4. The SMILES string of the molecule is CC(C)(C)OC(=O)NCc1cccc(-c2ccnc(Cc3ccc(N4CCOCC4)c(CO)c3)n2)c1. The Morgan fingerprint density at radius 3 is 2.67 bits per heavy atom. The van der Waals surface area contributed by atoms with Crippen LogP contribution in [0.4, 0.5) is 10.5 Å². The van der Waals surface area contributed by atoms with E-state index in [1.807, 2.05) is 57.2 Å². The van der Waals surface area contributed by atoms with Crippen molar-refractivity contribution >= 4 is 11.8 Å². The molecule has 0 saturated carbocycles. The molecule has 0 unspecified atom stereocenters. The van der Waals surface area contributed by atoms with Gasteiger partial charge in [0, 0.05) is 49.1 Å². The van der Waals surface area contributed by atoms with Gasteiger partial charge < -0.3 is 24.8 Å². The summed E-state index contributed by atoms with van der Waals surface area (Å²) in [6, 6.07) is 15.9. The van der Waals surface area contributed by atoms with E-state index in [-0.39, 0.29) is 6.61 Å². The minimum Gasteiger partial charge on any atom is -0.444 e. The maximum Gasteiger partial charge on any atom is 0.407 e. The number of morpholine rings is 1. The monoisotopic (exact) mass is 490 g/mol. The second-order valence-corrected chi connectivity index (χ2v) is 9.81. The normalized spacial score (nSPS) is 13.9. The molecule has 1 aliphatic rings. The average Bonchev–Trinajstić information content (AvgIpc) is 2.87. The van der Waals surface area contributed by atoms with Crippen molar-refractivity contribution in [1.82, 2.24) is 15.3 Å². The number of carbonyl (C=O) groups excluding carboxylic acids is 1. The Balaban J connectivity index is 1.45. The van der Waals surface area contributed by atoms with Gasteiger partial charge in [-0.2, -0.15) is 0 Å². The maximum atomic E-state index is 12.0. The molecule has 1 amide bonds. The topological polar surface area (TPSA) is 96.8 Å². The molecule has 3 aromatic rings. The fourth-order valence-corrected chi connectivity index (χ4v) is 4.14. The molecule has 0 spiro atoms. The number of aromatic nitrogens is 2. The lowest BCUT2D eigenvalue weighted by Gasteiger charge is -2.30. The summed E-state index contributed by atoms with van der Waals surface area (Å²) in [5.41, 5.74) is 5.16. The highest BCUT2D eigenvalue weighted by molar-refractivity contribution is 5.68. The van der Waals surface area contributed by atoms with Crippen LogP contribution in [-0.4, -0.2) is 53.1 Å². The number of aliphatic hydroxyl groups excluding tert-OH is 1. The van der Waals surface area contributed by atoms with Gasteiger partial charge in [-0.15, -0.1) is 0 Å². The summed E-state index contributed by atoms with van der Waals surface area (Å²) >= 11 is 0. The van der Waals surface area contributed by atoms with Crippen LogP contribution in [0.2, 0.25) is 0 Å². The summed E-state index contributed by atoms with van der Waals surface area (Å²) in [6.07, 6.45) is 1.88. The Morgan fingerprint density at radius 2 is 1.92 bits per heavy atom. The number of anilines is 1. The smallest absolute Gasteiger partial charge is 0.407 e. The zero-order valence-corrected chi connectivity index (χ0v) is 21.2. The second kappa shape index (κ2) is 11.5. The first kappa shape index (κ1) is 25.6. The van der Waals surface area contributed by atoms with Gasteiger partial charge in [0.25, 0.3) is 0 Å². The molecule has 36 heavy (non-hydrogen) atoms. The number of benzene rings is 2. The molecule has 1 fully saturated rings. The minimum absolute atomic E-state index is 0.0223. The highest BCUT2D eigenvalue weighted by atomic mass is 16.6. The van der Waals surface area contributed by atoms with Gasteiger partial charge in [0.1, 0.15) is 11.4 Å². The number of nitrogens with one attached hydrogen (secondary N) is 1. The number of ether oxygens (including phenoxy) is 2. The van der Waals surface area contributed by atoms with Crippen molar-refractivity contribution in [3.8, 4) is 11.3 Å². The molecule has 1 aromatic heterocycles. The van der Waals surface area contributed by atoms with E-state index in [4.69, 9.17) is 14.5 Å². The van der Waals surface area contributed by atoms with E-state index in [2.05, 4.69) is 27.3 Å². The molecule has 0 atom stereocenters. The average molecular weight is 491 g/mol. The summed E-state index contributed by atoms with van der Waals surface area (Å²) in [6.45, 7) is 8.89. The van der Waals surface area contributed by atoms with Crippen molar-refractivity contribution in [2.45, 2.75) is 45.9 Å². The number of carbonyl (C=O) groups is 1. The molecule has 190 valence electrons. The summed E-state index contributed by atoms with van der Waals surface area (Å²) in [5.74, 6) is 0.702. The predicted octanol–water partition coefficient (Wildman–Crippen LogP) is 4.09. The van der Waals surface area contributed by atoms with E-state index in [1.54, 1.807) is 6.20 Å². The summed E-state index contributed by atoms with van der Waals surface area (Å²) in [7, 11) is 0. The molecule has 0 bridgehead atoms. The van der Waals surface area contributed by atoms with Crippen molar-refractivity contribution in [2.75, 3.05) is 31.2 Å². The standard InChI is InChI=1S/C28H34N4O4/c1-28(2,3)36-27(34)30-18-21-5-4-6-22(16-21)24-9-10-29-26(31-24)17-20-7-8-25(23(15-20)19-33)32-11-13-35-14-12-32/h4-10,15-16,33H,11-14,17-19H2,1-3H3,(H,30,34). The number of aliphatic hydroxyl groups is 1. The predicted molar refractivity (Wildman–Crippen MR) is 139 cm³/mol. The van der Waals surface area contributed by atoms with Gasteiger partial charge in [0.2, 0.25) is 0 Å². The van der Waals surface area contributed by atoms with Gasteiger partial charge >= 0.3 is 6.09 Å². The van der Waals surface area contributed by atoms with Crippen molar-refractivity contribution in [3.05, 3.63) is 77.2 Å². The van der Waals surface area contributed by atoms with E-state index >= 15 is 0 Å². The maximum absolute atomic E-state index is 12.0. The molecule has 2 N–H and O–H groups in total. The third-order valence-corrected chi connectivity index (χ3v) is 5.79. The van der Waals surface area contributed by atoms with Crippen LogP contribution in [0, 0.1) is 0 Å². The Hall–Kier alpha value is -3.49. The largest absolute Gasteiger partial charge is 0.444 e. The van der Waals surface area contributed by atoms with Gasteiger partial charge in [-0.1, -0.05) is 30.3 Å². The van der Waals surface area contributed by atoms with Gasteiger partial charge in [-0.3, -0.25) is 0 Å². The van der Waals surface area contributed by atoms with Crippen LogP contribution in [0.25, 0.3) is 11.3 Å². The van der Waals surface area contributed by atoms with Crippen molar-refractivity contribution < 1.29 is 19.4 Å². The van der Waals surface area contributed by atoms with Crippen molar-refractivity contribution in [3.63, 3.8) is 0 Å². The van der Waals surface area contributed by atoms with E-state index in [0.717, 1.165) is 46.7 Å². The van der Waals surface area contributed by atoms with Crippen LogP contribution in [0.15, 0.2) is 54.7 Å². The third kappa shape index (κ3) is 7.02. The zero-order chi connectivity index (χ0) is 25.5. The van der Waals surface area contributed by atoms with Crippen LogP contribution in [0.5, 0.6) is 0 Å². The first-order valence-electron chi connectivity index (χ1n) is 12.2. The summed E-state index contributed by atoms with van der Waals surface area (Å²) < 4.78 is 10.8. The molecule has 1 aliphatic heterocycles. The van der Waals surface area contributed by atoms with Gasteiger partial charge in [0.15, 0.2) is 0 Å². The Labute approximate surface area is 212 Å². The van der Waals surface area contributed by atoms with Crippen LogP contribution >= 0.6 is 0 Å². The molecular weight excluding hydrogens is 456 g/mol. The fraction of sp³-hybridized carbons (Fsp3) is 0.393. The first-order chi connectivity index (χ1) is 17.3. The molecule has 0 aliphatic carbocycles. The van der Waals surface area contributed by atoms with E-state index in [9.17, 15) is 9.90 Å². The molecule has 2 heterocycles. The molecule has 8 heteroatoms. The molecule has 4 rings (SSSR count). The van der Waals surface area contributed by atoms with Gasteiger partial charge in [0.05, 0.1) is 25.5 Å². The molecule has 8 nitrogen and oxygen atoms in total. The second-order valence-electron chi connectivity index (χ2n) is 9.81. The van der Waals surface area contributed by atoms with Crippen LogP contribution in [0.3, 0.4) is 0 Å². The Morgan fingerprint density at radius 1 is 1.11 bits per heavy atom. The lowest BCUT2D eigenvalue weighted by molar-refractivity contribution is 0.0523. The van der Waals surface area contributed by atoms with Crippen molar-refractivity contribution in [1.29, 1.82) is 0 Å². The fourth-order valence-electron chi connectivity index (χ4n) is 4.14. The minimum atomic E-state index is -0.538. The zero-order valence-electron chi connectivity index (χ0n) is 21.2. The van der Waals surface area contributed by atoms with Crippen molar-refractivity contribution in [2.24, 2.45) is 0 Å². The molecule has 2 aromatic carbocycles. The van der Waals surface area contributed by atoms with Crippen LogP contribution < -0.4 is 10.2 Å². The highest BCUT2D eigenvalue weighted by Gasteiger charge is 2.17. The van der Waals surface area contributed by atoms with Gasteiger partial charge in [-0.05, 0) is 50.1 Å². The highest BCUT2D eigenvalue weighted by Crippen LogP contribution is 2.25. The quantitative estimate of drug-likeness (QED) is 0.515. The van der Waals surface area contributed by atoms with Gasteiger partial charge in [-0.25, -0.2) is 14.8 Å². The number of nitrogens with zero attached hydrogens (tertiary/aromatic N) is 3. The van der Waals surface area contributed by atoms with E-state index < -0.39 is 11.7 Å². The molecule has 1 saturated heterocycles. The number of alkyl carbamates (subject to hydrolysis) is 1. The first-order valence-corrected chi connectivity index (χ1v) is 12.2. The lowest BCUT2D eigenvalue weighted by atomic mass is 10.0. The van der Waals surface area contributed by atoms with Crippen LogP contribution in [0.1, 0.15) is 43.3 Å². The number of rotatable bonds is 7. The molecule has 0 radical (unpaired) electrons. The van der Waals surface area contributed by atoms with Crippen LogP contribution in [-0.2, 0) is 29.0 Å². The Bertz CT molecular complexity index is 1190. The van der Waals surface area contributed by atoms with E-state index in [1.165, 1.54) is 0 Å². The summed E-state index contributed by atoms with van der Waals surface area (Å²) in [5, 5.41) is 12.8. The van der Waals surface area contributed by atoms with E-state index in [0.29, 0.717) is 32.0 Å². The number of hydrogen-bond donors (Lipinski definition) is 2. The Kier molecular flexibility index (Phi) is 8.18. The third-order valence-electron chi connectivity index (χ3n) is 5.79. The number of amides is 1. The lowest BCUT2D eigenvalue weighted by Crippen LogP contribution is -2.36.